The number of amides is 1. The topological polar surface area (TPSA) is 65.0 Å². The summed E-state index contributed by atoms with van der Waals surface area (Å²) in [5.74, 6) is -0.100. The van der Waals surface area contributed by atoms with Crippen LogP contribution in [0.15, 0.2) is 18.2 Å². The van der Waals surface area contributed by atoms with E-state index in [1.165, 1.54) is 7.11 Å². The number of benzene rings is 1. The standard InChI is InChI=1S/C15H23N3O3/c1-17-7-8-18(2)11(10-17)9-16-15(20)12-5-4-6-13(21-3)14(12)19/h4-6,11,19H,7-10H2,1-3H3,(H,16,20). The summed E-state index contributed by atoms with van der Waals surface area (Å²) in [5, 5.41) is 12.9. The number of carbonyl (C=O) groups excluding carboxylic acids is 1. The van der Waals surface area contributed by atoms with Gasteiger partial charge >= 0.3 is 0 Å². The summed E-state index contributed by atoms with van der Waals surface area (Å²) in [6.07, 6.45) is 0. The van der Waals surface area contributed by atoms with Gasteiger partial charge in [-0.25, -0.2) is 0 Å². The van der Waals surface area contributed by atoms with E-state index >= 15 is 0 Å². The molecule has 1 heterocycles. The second-order valence-electron chi connectivity index (χ2n) is 5.46. The van der Waals surface area contributed by atoms with Crippen molar-refractivity contribution in [3.63, 3.8) is 0 Å². The summed E-state index contributed by atoms with van der Waals surface area (Å²) in [6.45, 7) is 3.50. The zero-order valence-electron chi connectivity index (χ0n) is 12.8. The highest BCUT2D eigenvalue weighted by atomic mass is 16.5. The van der Waals surface area contributed by atoms with E-state index in [4.69, 9.17) is 4.74 Å². The van der Waals surface area contributed by atoms with E-state index in [9.17, 15) is 9.90 Å². The predicted octanol–water partition coefficient (Wildman–Crippen LogP) is 0.376. The Morgan fingerprint density at radius 2 is 2.19 bits per heavy atom. The molecule has 0 aromatic heterocycles. The van der Waals surface area contributed by atoms with Gasteiger partial charge in [0, 0.05) is 32.2 Å². The minimum atomic E-state index is -0.284. The van der Waals surface area contributed by atoms with Crippen molar-refractivity contribution in [2.75, 3.05) is 47.4 Å². The van der Waals surface area contributed by atoms with E-state index in [1.54, 1.807) is 18.2 Å². The van der Waals surface area contributed by atoms with Gasteiger partial charge in [0.05, 0.1) is 12.7 Å². The van der Waals surface area contributed by atoms with Crippen LogP contribution in [-0.4, -0.2) is 74.2 Å². The highest BCUT2D eigenvalue weighted by molar-refractivity contribution is 5.97. The number of hydrogen-bond acceptors (Lipinski definition) is 5. The minimum Gasteiger partial charge on any atom is -0.504 e. The molecule has 1 atom stereocenters. The molecule has 0 spiro atoms. The number of nitrogens with one attached hydrogen (secondary N) is 1. The molecule has 1 fully saturated rings. The lowest BCUT2D eigenvalue weighted by molar-refractivity contribution is 0.0878. The van der Waals surface area contributed by atoms with Crippen LogP contribution < -0.4 is 10.1 Å². The maximum atomic E-state index is 12.2. The van der Waals surface area contributed by atoms with Crippen LogP contribution in [-0.2, 0) is 0 Å². The first-order valence-electron chi connectivity index (χ1n) is 7.06. The van der Waals surface area contributed by atoms with E-state index in [2.05, 4.69) is 29.2 Å². The molecule has 1 unspecified atom stereocenters. The second kappa shape index (κ2) is 6.78. The molecule has 1 aliphatic heterocycles. The maximum Gasteiger partial charge on any atom is 0.255 e. The first-order chi connectivity index (χ1) is 10.0. The highest BCUT2D eigenvalue weighted by Crippen LogP contribution is 2.29. The Bertz CT molecular complexity index is 507. The van der Waals surface area contributed by atoms with Crippen LogP contribution in [0.4, 0.5) is 0 Å². The number of methoxy groups -OCH3 is 1. The van der Waals surface area contributed by atoms with Crippen LogP contribution in [0.5, 0.6) is 11.5 Å². The average molecular weight is 293 g/mol. The number of ether oxygens (including phenoxy) is 1. The van der Waals surface area contributed by atoms with Crippen molar-refractivity contribution in [1.29, 1.82) is 0 Å². The number of aromatic hydroxyl groups is 1. The lowest BCUT2D eigenvalue weighted by Crippen LogP contribution is -2.54. The number of piperazine rings is 1. The molecule has 0 aliphatic carbocycles. The third kappa shape index (κ3) is 3.65. The summed E-state index contributed by atoms with van der Waals surface area (Å²) < 4.78 is 5.02. The van der Waals surface area contributed by atoms with Gasteiger partial charge in [-0.1, -0.05) is 6.07 Å². The normalized spacial score (nSPS) is 20.2. The zero-order valence-corrected chi connectivity index (χ0v) is 12.8. The summed E-state index contributed by atoms with van der Waals surface area (Å²) in [7, 11) is 5.60. The summed E-state index contributed by atoms with van der Waals surface area (Å²) >= 11 is 0. The van der Waals surface area contributed by atoms with E-state index in [1.807, 2.05) is 0 Å². The molecule has 1 aliphatic rings. The Labute approximate surface area is 125 Å². The molecule has 1 aromatic rings. The van der Waals surface area contributed by atoms with Crippen molar-refractivity contribution in [2.24, 2.45) is 0 Å². The Balaban J connectivity index is 1.98. The fourth-order valence-corrected chi connectivity index (χ4v) is 2.50. The second-order valence-corrected chi connectivity index (χ2v) is 5.46. The molecule has 116 valence electrons. The highest BCUT2D eigenvalue weighted by Gasteiger charge is 2.23. The number of hydrogen-bond donors (Lipinski definition) is 2. The number of phenolic OH excluding ortho intramolecular Hbond substituents is 1. The van der Waals surface area contributed by atoms with Gasteiger partial charge in [0.2, 0.25) is 0 Å². The van der Waals surface area contributed by atoms with Gasteiger partial charge in [0.15, 0.2) is 11.5 Å². The molecule has 2 N–H and O–H groups in total. The van der Waals surface area contributed by atoms with Crippen molar-refractivity contribution in [1.82, 2.24) is 15.1 Å². The average Bonchev–Trinajstić information content (AvgIpc) is 2.48. The number of likely N-dealkylation sites (N-methyl/N-ethyl adjacent to an activating group) is 2. The Hall–Kier alpha value is -1.79. The van der Waals surface area contributed by atoms with Gasteiger partial charge < -0.3 is 20.1 Å². The molecule has 2 rings (SSSR count). The Morgan fingerprint density at radius 3 is 2.90 bits per heavy atom. The maximum absolute atomic E-state index is 12.2. The molecule has 0 radical (unpaired) electrons. The van der Waals surface area contributed by atoms with Crippen molar-refractivity contribution >= 4 is 5.91 Å². The summed E-state index contributed by atoms with van der Waals surface area (Å²) in [4.78, 5) is 16.7. The SMILES string of the molecule is COc1cccc(C(=O)NCC2CN(C)CCN2C)c1O. The molecular weight excluding hydrogens is 270 g/mol. The minimum absolute atomic E-state index is 0.119. The van der Waals surface area contributed by atoms with Crippen molar-refractivity contribution in [2.45, 2.75) is 6.04 Å². The molecule has 1 aromatic carbocycles. The van der Waals surface area contributed by atoms with Crippen LogP contribution in [0, 0.1) is 0 Å². The molecule has 21 heavy (non-hydrogen) atoms. The van der Waals surface area contributed by atoms with Crippen molar-refractivity contribution in [3.8, 4) is 11.5 Å². The van der Waals surface area contributed by atoms with Crippen LogP contribution in [0.3, 0.4) is 0 Å². The molecule has 0 bridgehead atoms. The lowest BCUT2D eigenvalue weighted by atomic mass is 10.1. The monoisotopic (exact) mass is 293 g/mol. The Morgan fingerprint density at radius 1 is 1.43 bits per heavy atom. The van der Waals surface area contributed by atoms with E-state index in [-0.39, 0.29) is 23.3 Å². The van der Waals surface area contributed by atoms with Gasteiger partial charge in [-0.05, 0) is 26.2 Å². The van der Waals surface area contributed by atoms with E-state index in [0.717, 1.165) is 19.6 Å². The zero-order chi connectivity index (χ0) is 15.4. The van der Waals surface area contributed by atoms with Crippen LogP contribution >= 0.6 is 0 Å². The van der Waals surface area contributed by atoms with Crippen LogP contribution in [0.1, 0.15) is 10.4 Å². The number of nitrogens with zero attached hydrogens (tertiary/aromatic N) is 2. The first kappa shape index (κ1) is 15.6. The fraction of sp³-hybridized carbons (Fsp3) is 0.533. The van der Waals surface area contributed by atoms with Crippen molar-refractivity contribution < 1.29 is 14.6 Å². The van der Waals surface area contributed by atoms with E-state index < -0.39 is 0 Å². The number of rotatable bonds is 4. The molecular formula is C15H23N3O3. The van der Waals surface area contributed by atoms with Gasteiger partial charge in [0.25, 0.3) is 5.91 Å². The van der Waals surface area contributed by atoms with Gasteiger partial charge in [-0.2, -0.15) is 0 Å². The van der Waals surface area contributed by atoms with Gasteiger partial charge in [0.1, 0.15) is 0 Å². The van der Waals surface area contributed by atoms with E-state index in [0.29, 0.717) is 12.3 Å². The predicted molar refractivity (Wildman–Crippen MR) is 80.9 cm³/mol. The molecule has 6 nitrogen and oxygen atoms in total. The Kier molecular flexibility index (Phi) is 5.03. The smallest absolute Gasteiger partial charge is 0.255 e. The van der Waals surface area contributed by atoms with Crippen molar-refractivity contribution in [3.05, 3.63) is 23.8 Å². The van der Waals surface area contributed by atoms with Gasteiger partial charge in [-0.3, -0.25) is 9.69 Å². The summed E-state index contributed by atoms with van der Waals surface area (Å²) in [5.41, 5.74) is 0.237. The quantitative estimate of drug-likeness (QED) is 0.840. The fourth-order valence-electron chi connectivity index (χ4n) is 2.50. The van der Waals surface area contributed by atoms with Gasteiger partial charge in [-0.15, -0.1) is 0 Å². The van der Waals surface area contributed by atoms with Crippen LogP contribution in [0.2, 0.25) is 0 Å². The third-order valence-corrected chi connectivity index (χ3v) is 3.94. The lowest BCUT2D eigenvalue weighted by Gasteiger charge is -2.37. The third-order valence-electron chi connectivity index (χ3n) is 3.94. The largest absolute Gasteiger partial charge is 0.504 e. The number of phenols is 1. The molecule has 6 heteroatoms. The molecule has 1 amide bonds. The summed E-state index contributed by atoms with van der Waals surface area (Å²) in [6, 6.07) is 5.17. The van der Waals surface area contributed by atoms with Crippen LogP contribution in [0.25, 0.3) is 0 Å². The molecule has 1 saturated heterocycles. The molecule has 0 saturated carbocycles. The first-order valence-corrected chi connectivity index (χ1v) is 7.06. The number of para-hydroxylation sites is 1. The number of carbonyl (C=O) groups is 1.